The lowest BCUT2D eigenvalue weighted by Gasteiger charge is -2.37. The van der Waals surface area contributed by atoms with Gasteiger partial charge in [0.1, 0.15) is 0 Å². The summed E-state index contributed by atoms with van der Waals surface area (Å²) in [7, 11) is 0. The van der Waals surface area contributed by atoms with Crippen LogP contribution in [0.5, 0.6) is 0 Å². The summed E-state index contributed by atoms with van der Waals surface area (Å²) in [6.45, 7) is 5.65. The number of likely N-dealkylation sites (tertiary alicyclic amines) is 1. The van der Waals surface area contributed by atoms with Gasteiger partial charge in [-0.15, -0.1) is 11.6 Å². The molecule has 0 aromatic carbocycles. The topological polar surface area (TPSA) is 40.5 Å². The molecular formula is C12H22ClNO2. The summed E-state index contributed by atoms with van der Waals surface area (Å²) in [5.74, 6) is 1.29. The van der Waals surface area contributed by atoms with Crippen LogP contribution >= 0.6 is 11.6 Å². The van der Waals surface area contributed by atoms with Gasteiger partial charge in [-0.2, -0.15) is 0 Å². The first-order chi connectivity index (χ1) is 7.54. The highest BCUT2D eigenvalue weighted by atomic mass is 35.5. The Morgan fingerprint density at radius 3 is 2.81 bits per heavy atom. The van der Waals surface area contributed by atoms with Gasteiger partial charge in [0.05, 0.1) is 6.10 Å². The molecule has 4 heteroatoms. The quantitative estimate of drug-likeness (QED) is 0.771. The monoisotopic (exact) mass is 247 g/mol. The van der Waals surface area contributed by atoms with Gasteiger partial charge in [0.2, 0.25) is 5.91 Å². The lowest BCUT2D eigenvalue weighted by Crippen LogP contribution is -2.46. The number of hydrogen-bond donors (Lipinski definition) is 1. The molecule has 1 fully saturated rings. The standard InChI is InChI=1S/C12H22ClNO2/c1-9(2)7-10-8-14(6-4-11(10)15)12(16)3-5-13/h9-11,15H,3-8H2,1-2H3/t10-,11-/m0/s1. The van der Waals surface area contributed by atoms with E-state index in [0.29, 0.717) is 37.7 Å². The SMILES string of the molecule is CC(C)C[C@H]1CN(C(=O)CCCl)CC[C@@H]1O. The number of piperidine rings is 1. The Balaban J connectivity index is 2.49. The van der Waals surface area contributed by atoms with Crippen LogP contribution in [0.2, 0.25) is 0 Å². The molecule has 94 valence electrons. The molecule has 0 bridgehead atoms. The smallest absolute Gasteiger partial charge is 0.223 e. The van der Waals surface area contributed by atoms with Crippen molar-refractivity contribution in [1.82, 2.24) is 4.90 Å². The summed E-state index contributed by atoms with van der Waals surface area (Å²) < 4.78 is 0. The average molecular weight is 248 g/mol. The first-order valence-electron chi connectivity index (χ1n) is 6.06. The molecule has 0 aromatic heterocycles. The second kappa shape index (κ2) is 6.45. The fraction of sp³-hybridized carbons (Fsp3) is 0.917. The van der Waals surface area contributed by atoms with Crippen molar-refractivity contribution in [3.63, 3.8) is 0 Å². The molecule has 0 radical (unpaired) electrons. The van der Waals surface area contributed by atoms with Crippen molar-refractivity contribution in [2.24, 2.45) is 11.8 Å². The molecule has 16 heavy (non-hydrogen) atoms. The molecule has 1 aliphatic heterocycles. The Kier molecular flexibility index (Phi) is 5.56. The van der Waals surface area contributed by atoms with Crippen LogP contribution in [0.4, 0.5) is 0 Å². The number of hydrogen-bond acceptors (Lipinski definition) is 2. The summed E-state index contributed by atoms with van der Waals surface area (Å²) in [5.41, 5.74) is 0. The Morgan fingerprint density at radius 1 is 1.56 bits per heavy atom. The zero-order valence-electron chi connectivity index (χ0n) is 10.2. The number of aliphatic hydroxyl groups is 1. The highest BCUT2D eigenvalue weighted by molar-refractivity contribution is 6.18. The summed E-state index contributed by atoms with van der Waals surface area (Å²) in [6.07, 6.45) is 1.84. The van der Waals surface area contributed by atoms with E-state index in [1.54, 1.807) is 0 Å². The fourth-order valence-corrected chi connectivity index (χ4v) is 2.48. The van der Waals surface area contributed by atoms with Gasteiger partial charge in [0.15, 0.2) is 0 Å². The minimum atomic E-state index is -0.248. The lowest BCUT2D eigenvalue weighted by molar-refractivity contribution is -0.134. The minimum absolute atomic E-state index is 0.121. The van der Waals surface area contributed by atoms with Gasteiger partial charge < -0.3 is 10.0 Å². The first-order valence-corrected chi connectivity index (χ1v) is 6.59. The van der Waals surface area contributed by atoms with E-state index in [4.69, 9.17) is 11.6 Å². The van der Waals surface area contributed by atoms with Crippen LogP contribution < -0.4 is 0 Å². The molecule has 1 saturated heterocycles. The van der Waals surface area contributed by atoms with Crippen molar-refractivity contribution in [1.29, 1.82) is 0 Å². The third-order valence-corrected chi connectivity index (χ3v) is 3.32. The van der Waals surface area contributed by atoms with Crippen molar-refractivity contribution in [2.75, 3.05) is 19.0 Å². The molecule has 0 spiro atoms. The van der Waals surface area contributed by atoms with Gasteiger partial charge in [-0.05, 0) is 18.8 Å². The summed E-state index contributed by atoms with van der Waals surface area (Å²) in [4.78, 5) is 13.5. The molecule has 0 saturated carbocycles. The molecule has 0 unspecified atom stereocenters. The highest BCUT2D eigenvalue weighted by Crippen LogP contribution is 2.24. The van der Waals surface area contributed by atoms with Gasteiger partial charge in [0.25, 0.3) is 0 Å². The van der Waals surface area contributed by atoms with E-state index in [0.717, 1.165) is 6.42 Å². The largest absolute Gasteiger partial charge is 0.393 e. The maximum absolute atomic E-state index is 11.7. The van der Waals surface area contributed by atoms with Crippen molar-refractivity contribution >= 4 is 17.5 Å². The van der Waals surface area contributed by atoms with Crippen LogP contribution in [-0.2, 0) is 4.79 Å². The van der Waals surface area contributed by atoms with Crippen LogP contribution in [0, 0.1) is 11.8 Å². The van der Waals surface area contributed by atoms with E-state index in [1.165, 1.54) is 0 Å². The number of nitrogens with zero attached hydrogens (tertiary/aromatic N) is 1. The van der Waals surface area contributed by atoms with Crippen molar-refractivity contribution < 1.29 is 9.90 Å². The van der Waals surface area contributed by atoms with E-state index in [2.05, 4.69) is 13.8 Å². The molecule has 2 atom stereocenters. The second-order valence-electron chi connectivity index (χ2n) is 5.02. The molecule has 1 heterocycles. The Morgan fingerprint density at radius 2 is 2.25 bits per heavy atom. The van der Waals surface area contributed by atoms with Crippen LogP contribution in [0.1, 0.15) is 33.1 Å². The second-order valence-corrected chi connectivity index (χ2v) is 5.40. The molecule has 0 aliphatic carbocycles. The predicted octanol–water partition coefficient (Wildman–Crippen LogP) is 1.87. The number of aliphatic hydroxyl groups excluding tert-OH is 1. The van der Waals surface area contributed by atoms with E-state index in [9.17, 15) is 9.90 Å². The Labute approximate surface area is 103 Å². The van der Waals surface area contributed by atoms with Crippen LogP contribution in [0.15, 0.2) is 0 Å². The predicted molar refractivity (Wildman–Crippen MR) is 65.5 cm³/mol. The molecular weight excluding hydrogens is 226 g/mol. The number of halogens is 1. The number of amides is 1. The molecule has 1 aliphatic rings. The maximum Gasteiger partial charge on any atom is 0.223 e. The van der Waals surface area contributed by atoms with Crippen molar-refractivity contribution in [3.8, 4) is 0 Å². The zero-order valence-corrected chi connectivity index (χ0v) is 10.9. The van der Waals surface area contributed by atoms with Crippen LogP contribution in [0.25, 0.3) is 0 Å². The van der Waals surface area contributed by atoms with E-state index < -0.39 is 0 Å². The molecule has 1 amide bonds. The summed E-state index contributed by atoms with van der Waals surface area (Å²) in [5, 5.41) is 9.88. The Bertz CT molecular complexity index is 233. The summed E-state index contributed by atoms with van der Waals surface area (Å²) >= 11 is 5.57. The van der Waals surface area contributed by atoms with Crippen molar-refractivity contribution in [3.05, 3.63) is 0 Å². The normalized spacial score (nSPS) is 26.2. The minimum Gasteiger partial charge on any atom is -0.393 e. The maximum atomic E-state index is 11.7. The van der Waals surface area contributed by atoms with Crippen LogP contribution in [0.3, 0.4) is 0 Å². The number of carbonyl (C=O) groups is 1. The van der Waals surface area contributed by atoms with Crippen LogP contribution in [-0.4, -0.2) is 41.0 Å². The lowest BCUT2D eigenvalue weighted by atomic mass is 9.87. The number of carbonyl (C=O) groups excluding carboxylic acids is 1. The van der Waals surface area contributed by atoms with Gasteiger partial charge in [-0.25, -0.2) is 0 Å². The third-order valence-electron chi connectivity index (χ3n) is 3.13. The third kappa shape index (κ3) is 3.95. The van der Waals surface area contributed by atoms with Crippen molar-refractivity contribution in [2.45, 2.75) is 39.2 Å². The fourth-order valence-electron chi connectivity index (χ4n) is 2.32. The van der Waals surface area contributed by atoms with E-state index in [-0.39, 0.29) is 17.9 Å². The van der Waals surface area contributed by atoms with E-state index >= 15 is 0 Å². The molecule has 1 N–H and O–H groups in total. The van der Waals surface area contributed by atoms with Gasteiger partial charge >= 0.3 is 0 Å². The average Bonchev–Trinajstić information content (AvgIpc) is 2.21. The highest BCUT2D eigenvalue weighted by Gasteiger charge is 2.30. The van der Waals surface area contributed by atoms with Gasteiger partial charge in [-0.3, -0.25) is 4.79 Å². The Hall–Kier alpha value is -0.280. The molecule has 3 nitrogen and oxygen atoms in total. The van der Waals surface area contributed by atoms with E-state index in [1.807, 2.05) is 4.90 Å². The first kappa shape index (κ1) is 13.8. The molecule has 1 rings (SSSR count). The summed E-state index contributed by atoms with van der Waals surface area (Å²) in [6, 6.07) is 0. The number of alkyl halides is 1. The molecule has 0 aromatic rings. The van der Waals surface area contributed by atoms with Gasteiger partial charge in [0, 0.05) is 31.3 Å². The number of rotatable bonds is 4. The zero-order chi connectivity index (χ0) is 12.1. The van der Waals surface area contributed by atoms with Gasteiger partial charge in [-0.1, -0.05) is 13.8 Å².